The number of carboxylic acid groups (broad SMARTS) is 1. The lowest BCUT2D eigenvalue weighted by molar-refractivity contribution is -0.121. The van der Waals surface area contributed by atoms with Gasteiger partial charge in [-0.2, -0.15) is 0 Å². The third-order valence-electron chi connectivity index (χ3n) is 4.20. The molecule has 0 unspecified atom stereocenters. The fraction of sp³-hybridized carbons (Fsp3) is 0.190. The first-order chi connectivity index (χ1) is 14.3. The van der Waals surface area contributed by atoms with Crippen molar-refractivity contribution in [3.8, 4) is 11.5 Å². The Labute approximate surface area is 185 Å². The first-order valence-electron chi connectivity index (χ1n) is 8.93. The van der Waals surface area contributed by atoms with Gasteiger partial charge in [0.1, 0.15) is 6.61 Å². The molecule has 2 aromatic rings. The highest BCUT2D eigenvalue weighted by Gasteiger charge is 2.31. The summed E-state index contributed by atoms with van der Waals surface area (Å²) in [5.41, 5.74) is 1.69. The number of ether oxygens (including phenoxy) is 2. The largest absolute Gasteiger partial charge is 0.490 e. The van der Waals surface area contributed by atoms with E-state index in [1.807, 2.05) is 6.92 Å². The van der Waals surface area contributed by atoms with E-state index in [1.165, 1.54) is 19.2 Å². The lowest BCUT2D eigenvalue weighted by Gasteiger charge is -2.15. The number of carbonyl (C=O) groups excluding carboxylic acids is 2. The minimum Gasteiger partial charge on any atom is -0.490 e. The summed E-state index contributed by atoms with van der Waals surface area (Å²) < 4.78 is 12.2. The number of rotatable bonds is 7. The molecule has 0 spiro atoms. The average molecular weight is 492 g/mol. The van der Waals surface area contributed by atoms with Crippen molar-refractivity contribution in [2.45, 2.75) is 13.5 Å². The molecule has 9 heteroatoms. The molecule has 0 atom stereocenters. The van der Waals surface area contributed by atoms with Crippen LogP contribution in [0.5, 0.6) is 11.5 Å². The fourth-order valence-electron chi connectivity index (χ4n) is 2.67. The SMILES string of the molecule is CCOc1cc(/C=C2\SC(=O)N(C)C2=O)cc(Br)c1OCc1ccc(C(=O)O)cc1. The maximum absolute atomic E-state index is 12.1. The number of aromatic carboxylic acids is 1. The molecule has 156 valence electrons. The molecule has 0 radical (unpaired) electrons. The Bertz CT molecular complexity index is 1030. The predicted octanol–water partition coefficient (Wildman–Crippen LogP) is 4.79. The molecule has 1 fully saturated rings. The Balaban J connectivity index is 1.84. The van der Waals surface area contributed by atoms with Crippen LogP contribution in [-0.4, -0.2) is 40.8 Å². The van der Waals surface area contributed by atoms with Crippen LogP contribution < -0.4 is 9.47 Å². The van der Waals surface area contributed by atoms with Gasteiger partial charge in [0.25, 0.3) is 11.1 Å². The number of halogens is 1. The van der Waals surface area contributed by atoms with Crippen molar-refractivity contribution in [1.29, 1.82) is 0 Å². The Hall–Kier alpha value is -2.78. The molecule has 7 nitrogen and oxygen atoms in total. The van der Waals surface area contributed by atoms with E-state index < -0.39 is 5.97 Å². The van der Waals surface area contributed by atoms with Gasteiger partial charge in [0.15, 0.2) is 11.5 Å². The molecule has 1 heterocycles. The molecule has 0 saturated carbocycles. The summed E-state index contributed by atoms with van der Waals surface area (Å²) in [7, 11) is 1.44. The number of thioether (sulfide) groups is 1. The molecule has 1 aliphatic heterocycles. The quantitative estimate of drug-likeness (QED) is 0.556. The lowest BCUT2D eigenvalue weighted by atomic mass is 10.1. The van der Waals surface area contributed by atoms with Crippen LogP contribution in [0.1, 0.15) is 28.4 Å². The average Bonchev–Trinajstić information content (AvgIpc) is 2.94. The van der Waals surface area contributed by atoms with Gasteiger partial charge in [-0.1, -0.05) is 12.1 Å². The Morgan fingerprint density at radius 3 is 2.47 bits per heavy atom. The number of amides is 2. The van der Waals surface area contributed by atoms with E-state index in [-0.39, 0.29) is 23.3 Å². The number of carboxylic acids is 1. The smallest absolute Gasteiger partial charge is 0.335 e. The van der Waals surface area contributed by atoms with Crippen molar-refractivity contribution in [3.63, 3.8) is 0 Å². The second-order valence-electron chi connectivity index (χ2n) is 6.29. The number of imide groups is 1. The van der Waals surface area contributed by atoms with Crippen molar-refractivity contribution in [3.05, 3.63) is 62.5 Å². The van der Waals surface area contributed by atoms with Gasteiger partial charge in [-0.25, -0.2) is 4.79 Å². The van der Waals surface area contributed by atoms with Crippen LogP contribution in [0.3, 0.4) is 0 Å². The number of likely N-dealkylation sites (N-methyl/N-ethyl adjacent to an activating group) is 1. The van der Waals surface area contributed by atoms with Crippen molar-refractivity contribution in [2.75, 3.05) is 13.7 Å². The van der Waals surface area contributed by atoms with Crippen LogP contribution in [0.2, 0.25) is 0 Å². The van der Waals surface area contributed by atoms with Crippen LogP contribution in [0.25, 0.3) is 6.08 Å². The standard InChI is InChI=1S/C21H18BrNO6S/c1-3-28-16-9-13(10-17-19(24)23(2)21(27)30-17)8-15(22)18(16)29-11-12-4-6-14(7-5-12)20(25)26/h4-10H,3,11H2,1-2H3,(H,25,26)/b17-10-. The molecule has 1 saturated heterocycles. The van der Waals surface area contributed by atoms with E-state index in [4.69, 9.17) is 14.6 Å². The van der Waals surface area contributed by atoms with E-state index in [9.17, 15) is 14.4 Å². The Morgan fingerprint density at radius 1 is 1.20 bits per heavy atom. The van der Waals surface area contributed by atoms with Gasteiger partial charge in [0, 0.05) is 7.05 Å². The van der Waals surface area contributed by atoms with Crippen molar-refractivity contribution >= 4 is 50.9 Å². The topological polar surface area (TPSA) is 93.1 Å². The number of hydrogen-bond acceptors (Lipinski definition) is 6. The minimum atomic E-state index is -0.986. The fourth-order valence-corrected chi connectivity index (χ4v) is 4.07. The summed E-state index contributed by atoms with van der Waals surface area (Å²) in [4.78, 5) is 36.2. The maximum atomic E-state index is 12.1. The molecule has 0 aliphatic carbocycles. The van der Waals surface area contributed by atoms with Gasteiger partial charge in [-0.15, -0.1) is 0 Å². The van der Waals surface area contributed by atoms with Gasteiger partial charge in [0.05, 0.1) is 21.5 Å². The highest BCUT2D eigenvalue weighted by atomic mass is 79.9. The molecule has 2 aromatic carbocycles. The van der Waals surface area contributed by atoms with Crippen LogP contribution in [-0.2, 0) is 11.4 Å². The molecular weight excluding hydrogens is 474 g/mol. The molecule has 1 aliphatic rings. The molecule has 2 amide bonds. The summed E-state index contributed by atoms with van der Waals surface area (Å²) >= 11 is 4.37. The molecular formula is C21H18BrNO6S. The zero-order chi connectivity index (χ0) is 21.8. The van der Waals surface area contributed by atoms with E-state index >= 15 is 0 Å². The lowest BCUT2D eigenvalue weighted by Crippen LogP contribution is -2.22. The van der Waals surface area contributed by atoms with Crippen molar-refractivity contribution < 1.29 is 29.0 Å². The number of carbonyl (C=O) groups is 3. The zero-order valence-corrected chi connectivity index (χ0v) is 18.6. The van der Waals surface area contributed by atoms with Crippen molar-refractivity contribution in [1.82, 2.24) is 4.90 Å². The maximum Gasteiger partial charge on any atom is 0.335 e. The van der Waals surface area contributed by atoms with Gasteiger partial charge in [0.2, 0.25) is 0 Å². The van der Waals surface area contributed by atoms with Gasteiger partial charge < -0.3 is 14.6 Å². The molecule has 0 bridgehead atoms. The van der Waals surface area contributed by atoms with Crippen LogP contribution in [0, 0.1) is 0 Å². The molecule has 3 rings (SSSR count). The minimum absolute atomic E-state index is 0.204. The number of nitrogens with zero attached hydrogens (tertiary/aromatic N) is 1. The second-order valence-corrected chi connectivity index (χ2v) is 8.14. The highest BCUT2D eigenvalue weighted by Crippen LogP contribution is 2.39. The highest BCUT2D eigenvalue weighted by molar-refractivity contribution is 9.10. The number of benzene rings is 2. The van der Waals surface area contributed by atoms with E-state index in [2.05, 4.69) is 15.9 Å². The van der Waals surface area contributed by atoms with E-state index in [0.29, 0.717) is 33.0 Å². The number of hydrogen-bond donors (Lipinski definition) is 1. The van der Waals surface area contributed by atoms with Crippen molar-refractivity contribution in [2.24, 2.45) is 0 Å². The monoisotopic (exact) mass is 491 g/mol. The van der Waals surface area contributed by atoms with Crippen LogP contribution >= 0.6 is 27.7 Å². The Kier molecular flexibility index (Phi) is 6.84. The first-order valence-corrected chi connectivity index (χ1v) is 10.5. The summed E-state index contributed by atoms with van der Waals surface area (Å²) in [6, 6.07) is 9.92. The summed E-state index contributed by atoms with van der Waals surface area (Å²) in [5, 5.41) is 8.67. The van der Waals surface area contributed by atoms with Crippen LogP contribution in [0.4, 0.5) is 4.79 Å². The zero-order valence-electron chi connectivity index (χ0n) is 16.2. The second kappa shape index (κ2) is 9.36. The molecule has 1 N–H and O–H groups in total. The summed E-state index contributed by atoms with van der Waals surface area (Å²) in [5.74, 6) is -0.361. The van der Waals surface area contributed by atoms with E-state index in [1.54, 1.807) is 30.3 Å². The normalized spacial score (nSPS) is 15.0. The third kappa shape index (κ3) is 4.85. The van der Waals surface area contributed by atoms with Gasteiger partial charge in [-0.3, -0.25) is 14.5 Å². The molecule has 30 heavy (non-hydrogen) atoms. The third-order valence-corrected chi connectivity index (χ3v) is 5.75. The van der Waals surface area contributed by atoms with Gasteiger partial charge in [-0.05, 0) is 76.1 Å². The molecule has 0 aromatic heterocycles. The first kappa shape index (κ1) is 21.9. The Morgan fingerprint density at radius 2 is 1.90 bits per heavy atom. The van der Waals surface area contributed by atoms with E-state index in [0.717, 1.165) is 22.2 Å². The van der Waals surface area contributed by atoms with Crippen LogP contribution in [0.15, 0.2) is 45.8 Å². The predicted molar refractivity (Wildman–Crippen MR) is 117 cm³/mol. The summed E-state index contributed by atoms with van der Waals surface area (Å²) in [6.45, 7) is 2.47. The summed E-state index contributed by atoms with van der Waals surface area (Å²) in [6.07, 6.45) is 1.64. The van der Waals surface area contributed by atoms with Gasteiger partial charge >= 0.3 is 5.97 Å².